The second-order valence-electron chi connectivity index (χ2n) is 9.28. The van der Waals surface area contributed by atoms with Gasteiger partial charge < -0.3 is 20.7 Å². The SMILES string of the molecule is O=C(NC[C@H]1C[C@H](c2c(-c3ccc(F)cc3)[nH]c3c(F)cc(F)cc32)C1)N[C@H]1CC[C@H](O)C1. The Morgan fingerprint density at radius 1 is 1.03 bits per heavy atom. The molecular weight excluding hydrogens is 431 g/mol. The van der Waals surface area contributed by atoms with Gasteiger partial charge in [0.2, 0.25) is 0 Å². The quantitative estimate of drug-likeness (QED) is 0.437. The number of aliphatic hydroxyl groups excluding tert-OH is 1. The molecule has 2 aliphatic rings. The average Bonchev–Trinajstić information content (AvgIpc) is 3.31. The Morgan fingerprint density at radius 3 is 2.48 bits per heavy atom. The molecule has 0 aliphatic heterocycles. The number of fused-ring (bicyclic) bond motifs is 1. The number of hydrogen-bond donors (Lipinski definition) is 4. The van der Waals surface area contributed by atoms with Crippen LogP contribution in [0.15, 0.2) is 36.4 Å². The summed E-state index contributed by atoms with van der Waals surface area (Å²) in [6.45, 7) is 0.508. The fourth-order valence-corrected chi connectivity index (χ4v) is 5.21. The highest BCUT2D eigenvalue weighted by atomic mass is 19.1. The summed E-state index contributed by atoms with van der Waals surface area (Å²) in [5.74, 6) is -1.35. The summed E-state index contributed by atoms with van der Waals surface area (Å²) in [7, 11) is 0. The van der Waals surface area contributed by atoms with Gasteiger partial charge in [-0.1, -0.05) is 0 Å². The minimum Gasteiger partial charge on any atom is -0.393 e. The molecule has 2 amide bonds. The van der Waals surface area contributed by atoms with Crippen molar-refractivity contribution in [2.45, 2.75) is 50.2 Å². The van der Waals surface area contributed by atoms with Gasteiger partial charge in [-0.3, -0.25) is 0 Å². The molecule has 2 fully saturated rings. The summed E-state index contributed by atoms with van der Waals surface area (Å²) in [6, 6.07) is 7.90. The molecule has 0 unspecified atom stereocenters. The summed E-state index contributed by atoms with van der Waals surface area (Å²) < 4.78 is 42.0. The van der Waals surface area contributed by atoms with Crippen LogP contribution in [-0.4, -0.2) is 34.8 Å². The minimum atomic E-state index is -0.661. The number of halogens is 3. The zero-order valence-corrected chi connectivity index (χ0v) is 18.0. The first kappa shape index (κ1) is 21.8. The standard InChI is InChI=1S/C25H26F3N3O2/c26-16-3-1-14(2-4-16)23-22(20-9-17(27)10-21(28)24(20)31-23)15-7-13(8-15)12-29-25(33)30-18-5-6-19(32)11-18/h1-4,9-10,13,15,18-19,31-32H,5-8,11-12H2,(H2,29,30,33)/t13-,15-,18-,19-/m0/s1. The van der Waals surface area contributed by atoms with Crippen LogP contribution >= 0.6 is 0 Å². The van der Waals surface area contributed by atoms with E-state index >= 15 is 0 Å². The number of urea groups is 1. The number of carbonyl (C=O) groups is 1. The van der Waals surface area contributed by atoms with E-state index in [9.17, 15) is 23.1 Å². The van der Waals surface area contributed by atoms with Crippen LogP contribution in [0.2, 0.25) is 0 Å². The van der Waals surface area contributed by atoms with E-state index in [1.807, 2.05) is 0 Å². The Bertz CT molecular complexity index is 1170. The average molecular weight is 457 g/mol. The molecule has 2 aromatic carbocycles. The molecule has 174 valence electrons. The molecule has 0 radical (unpaired) electrons. The van der Waals surface area contributed by atoms with Crippen LogP contribution in [0, 0.1) is 23.4 Å². The third-order valence-corrected chi connectivity index (χ3v) is 6.93. The Morgan fingerprint density at radius 2 is 1.79 bits per heavy atom. The summed E-state index contributed by atoms with van der Waals surface area (Å²) in [5, 5.41) is 15.9. The van der Waals surface area contributed by atoms with Crippen LogP contribution in [0.5, 0.6) is 0 Å². The Labute approximate surface area is 189 Å². The molecule has 4 N–H and O–H groups in total. The lowest BCUT2D eigenvalue weighted by Crippen LogP contribution is -2.44. The van der Waals surface area contributed by atoms with Gasteiger partial charge in [-0.25, -0.2) is 18.0 Å². The molecule has 2 saturated carbocycles. The molecular formula is C25H26F3N3O2. The number of hydrogen-bond acceptors (Lipinski definition) is 2. The van der Waals surface area contributed by atoms with E-state index in [0.29, 0.717) is 36.0 Å². The Kier molecular flexibility index (Phi) is 5.78. The van der Waals surface area contributed by atoms with Crippen molar-refractivity contribution in [2.75, 3.05) is 6.54 Å². The number of benzene rings is 2. The predicted octanol–water partition coefficient (Wildman–Crippen LogP) is 4.96. The van der Waals surface area contributed by atoms with Crippen molar-refractivity contribution in [3.63, 3.8) is 0 Å². The molecule has 2 atom stereocenters. The van der Waals surface area contributed by atoms with Crippen LogP contribution in [0.1, 0.15) is 43.6 Å². The summed E-state index contributed by atoms with van der Waals surface area (Å²) >= 11 is 0. The molecule has 0 spiro atoms. The van der Waals surface area contributed by atoms with E-state index in [1.54, 1.807) is 12.1 Å². The monoisotopic (exact) mass is 457 g/mol. The first-order chi connectivity index (χ1) is 15.9. The highest BCUT2D eigenvalue weighted by Crippen LogP contribution is 2.48. The maximum absolute atomic E-state index is 14.5. The molecule has 0 bridgehead atoms. The van der Waals surface area contributed by atoms with Crippen molar-refractivity contribution in [2.24, 2.45) is 5.92 Å². The zero-order chi connectivity index (χ0) is 23.1. The molecule has 5 rings (SSSR count). The fourth-order valence-electron chi connectivity index (χ4n) is 5.21. The molecule has 1 aromatic heterocycles. The maximum atomic E-state index is 14.5. The van der Waals surface area contributed by atoms with E-state index in [-0.39, 0.29) is 41.3 Å². The Balaban J connectivity index is 1.30. The molecule has 0 saturated heterocycles. The number of aliphatic hydroxyl groups is 1. The van der Waals surface area contributed by atoms with Crippen LogP contribution < -0.4 is 10.6 Å². The number of aromatic nitrogens is 1. The van der Waals surface area contributed by atoms with E-state index in [4.69, 9.17) is 0 Å². The van der Waals surface area contributed by atoms with Crippen LogP contribution in [0.25, 0.3) is 22.2 Å². The van der Waals surface area contributed by atoms with E-state index in [2.05, 4.69) is 15.6 Å². The van der Waals surface area contributed by atoms with E-state index in [1.165, 1.54) is 18.2 Å². The first-order valence-corrected chi connectivity index (χ1v) is 11.4. The van der Waals surface area contributed by atoms with Gasteiger partial charge in [0.25, 0.3) is 0 Å². The van der Waals surface area contributed by atoms with E-state index < -0.39 is 11.6 Å². The smallest absolute Gasteiger partial charge is 0.315 e. The lowest BCUT2D eigenvalue weighted by molar-refractivity contribution is 0.179. The van der Waals surface area contributed by atoms with Gasteiger partial charge in [-0.05, 0) is 85.4 Å². The van der Waals surface area contributed by atoms with E-state index in [0.717, 1.165) is 30.9 Å². The minimum absolute atomic E-state index is 0.00317. The van der Waals surface area contributed by atoms with Crippen molar-refractivity contribution in [3.05, 3.63) is 59.4 Å². The highest BCUT2D eigenvalue weighted by molar-refractivity contribution is 5.92. The van der Waals surface area contributed by atoms with Crippen molar-refractivity contribution in [3.8, 4) is 11.3 Å². The molecule has 8 heteroatoms. The van der Waals surface area contributed by atoms with Crippen LogP contribution in [-0.2, 0) is 0 Å². The van der Waals surface area contributed by atoms with Crippen molar-refractivity contribution in [1.29, 1.82) is 0 Å². The number of aromatic amines is 1. The number of rotatable bonds is 5. The second kappa shape index (κ2) is 8.74. The van der Waals surface area contributed by atoms with Crippen molar-refractivity contribution in [1.82, 2.24) is 15.6 Å². The number of H-pyrrole nitrogens is 1. The van der Waals surface area contributed by atoms with Gasteiger partial charge >= 0.3 is 6.03 Å². The van der Waals surface area contributed by atoms with Gasteiger partial charge in [0.05, 0.1) is 17.3 Å². The topological polar surface area (TPSA) is 77.2 Å². The van der Waals surface area contributed by atoms with Gasteiger partial charge in [-0.15, -0.1) is 0 Å². The van der Waals surface area contributed by atoms with Crippen LogP contribution in [0.4, 0.5) is 18.0 Å². The largest absolute Gasteiger partial charge is 0.393 e. The molecule has 1 heterocycles. The Hall–Kier alpha value is -3.00. The summed E-state index contributed by atoms with van der Waals surface area (Å²) in [4.78, 5) is 15.2. The lowest BCUT2D eigenvalue weighted by Gasteiger charge is -2.36. The third-order valence-electron chi connectivity index (χ3n) is 6.93. The van der Waals surface area contributed by atoms with Gasteiger partial charge in [0, 0.05) is 24.0 Å². The zero-order valence-electron chi connectivity index (χ0n) is 18.0. The highest BCUT2D eigenvalue weighted by Gasteiger charge is 2.35. The normalized spacial score (nSPS) is 24.6. The molecule has 33 heavy (non-hydrogen) atoms. The molecule has 3 aromatic rings. The number of carbonyl (C=O) groups excluding carboxylic acids is 1. The molecule has 5 nitrogen and oxygen atoms in total. The number of amides is 2. The van der Waals surface area contributed by atoms with Crippen molar-refractivity contribution >= 4 is 16.9 Å². The number of nitrogens with one attached hydrogen (secondary N) is 3. The van der Waals surface area contributed by atoms with Gasteiger partial charge in [-0.2, -0.15) is 0 Å². The lowest BCUT2D eigenvalue weighted by atomic mass is 9.70. The van der Waals surface area contributed by atoms with Crippen LogP contribution in [0.3, 0.4) is 0 Å². The first-order valence-electron chi connectivity index (χ1n) is 11.4. The third kappa shape index (κ3) is 4.44. The summed E-state index contributed by atoms with van der Waals surface area (Å²) in [6.07, 6.45) is 3.25. The summed E-state index contributed by atoms with van der Waals surface area (Å²) in [5.41, 5.74) is 2.45. The second-order valence-corrected chi connectivity index (χ2v) is 9.28. The predicted molar refractivity (Wildman–Crippen MR) is 119 cm³/mol. The molecule has 2 aliphatic carbocycles. The van der Waals surface area contributed by atoms with Crippen molar-refractivity contribution < 1.29 is 23.1 Å². The van der Waals surface area contributed by atoms with Gasteiger partial charge in [0.15, 0.2) is 0 Å². The maximum Gasteiger partial charge on any atom is 0.315 e. The van der Waals surface area contributed by atoms with Gasteiger partial charge in [0.1, 0.15) is 17.5 Å². The fraction of sp³-hybridized carbons (Fsp3) is 0.400.